The summed E-state index contributed by atoms with van der Waals surface area (Å²) in [5.41, 5.74) is 0. The zero-order chi connectivity index (χ0) is 14.4. The molecule has 1 aliphatic rings. The molecule has 1 N–H and O–H groups in total. The molecule has 1 heterocycles. The predicted octanol–water partition coefficient (Wildman–Crippen LogP) is -0.102. The first-order chi connectivity index (χ1) is 8.90. The summed E-state index contributed by atoms with van der Waals surface area (Å²) in [6, 6.07) is 0. The van der Waals surface area contributed by atoms with E-state index in [-0.39, 0.29) is 12.5 Å². The summed E-state index contributed by atoms with van der Waals surface area (Å²) in [5, 5.41) is 2.56. The molecule has 0 radical (unpaired) electrons. The number of rotatable bonds is 4. The van der Waals surface area contributed by atoms with Crippen LogP contribution in [0.5, 0.6) is 0 Å². The van der Waals surface area contributed by atoms with Crippen LogP contribution in [0.4, 0.5) is 0 Å². The summed E-state index contributed by atoms with van der Waals surface area (Å²) in [4.78, 5) is 33.0. The van der Waals surface area contributed by atoms with Crippen LogP contribution in [0.3, 0.4) is 0 Å². The van der Waals surface area contributed by atoms with Crippen LogP contribution in [-0.2, 0) is 28.6 Å². The maximum absolute atomic E-state index is 11.1. The summed E-state index contributed by atoms with van der Waals surface area (Å²) < 4.78 is 15.4. The van der Waals surface area contributed by atoms with Crippen molar-refractivity contribution in [2.45, 2.75) is 39.1 Å². The molecule has 0 aliphatic carbocycles. The van der Waals surface area contributed by atoms with Crippen LogP contribution in [0, 0.1) is 0 Å². The number of nitrogens with one attached hydrogen (secondary N) is 1. The third-order valence-corrected chi connectivity index (χ3v) is 2.37. The highest BCUT2D eigenvalue weighted by Crippen LogP contribution is 2.19. The molecule has 19 heavy (non-hydrogen) atoms. The van der Waals surface area contributed by atoms with E-state index in [2.05, 4.69) is 5.32 Å². The average molecular weight is 271 g/mol. The summed E-state index contributed by atoms with van der Waals surface area (Å²) in [5.74, 6) is -1.25. The summed E-state index contributed by atoms with van der Waals surface area (Å²) in [6.45, 7) is 4.02. The standard InChI is InChI=1S/C12H17NO6/c1-7(14)13-6-11-12(19-9(3)16)10(4-5-17-11)18-8(2)15/h4-5,10-12H,6H2,1-3H3,(H,13,14)/t10-,11-,12+/m1/s1. The van der Waals surface area contributed by atoms with Crippen molar-refractivity contribution in [2.75, 3.05) is 6.54 Å². The van der Waals surface area contributed by atoms with E-state index in [4.69, 9.17) is 14.2 Å². The minimum Gasteiger partial charge on any atom is -0.492 e. The molecule has 0 bridgehead atoms. The molecule has 0 fully saturated rings. The van der Waals surface area contributed by atoms with E-state index in [9.17, 15) is 14.4 Å². The molecule has 1 aliphatic heterocycles. The van der Waals surface area contributed by atoms with E-state index in [0.717, 1.165) is 0 Å². The summed E-state index contributed by atoms with van der Waals surface area (Å²) >= 11 is 0. The quantitative estimate of drug-likeness (QED) is 0.718. The highest BCUT2D eigenvalue weighted by molar-refractivity contribution is 5.72. The van der Waals surface area contributed by atoms with Gasteiger partial charge in [-0.1, -0.05) is 0 Å². The number of amides is 1. The lowest BCUT2D eigenvalue weighted by molar-refractivity contribution is -0.173. The zero-order valence-electron chi connectivity index (χ0n) is 11.0. The summed E-state index contributed by atoms with van der Waals surface area (Å²) in [7, 11) is 0. The van der Waals surface area contributed by atoms with Crippen LogP contribution in [-0.4, -0.2) is 42.7 Å². The molecule has 0 saturated carbocycles. The van der Waals surface area contributed by atoms with Gasteiger partial charge >= 0.3 is 11.9 Å². The second-order valence-corrected chi connectivity index (χ2v) is 4.09. The number of carbonyl (C=O) groups excluding carboxylic acids is 3. The van der Waals surface area contributed by atoms with Crippen molar-refractivity contribution >= 4 is 17.8 Å². The Morgan fingerprint density at radius 2 is 1.79 bits per heavy atom. The Bertz CT molecular complexity index is 392. The Morgan fingerprint density at radius 3 is 2.32 bits per heavy atom. The number of hydrogen-bond acceptors (Lipinski definition) is 6. The zero-order valence-corrected chi connectivity index (χ0v) is 11.0. The molecule has 0 unspecified atom stereocenters. The van der Waals surface area contributed by atoms with Gasteiger partial charge in [-0.25, -0.2) is 0 Å². The lowest BCUT2D eigenvalue weighted by Gasteiger charge is -2.33. The Morgan fingerprint density at radius 1 is 1.16 bits per heavy atom. The molecule has 0 spiro atoms. The van der Waals surface area contributed by atoms with E-state index in [1.807, 2.05) is 0 Å². The molecule has 7 nitrogen and oxygen atoms in total. The third-order valence-electron chi connectivity index (χ3n) is 2.37. The molecule has 0 aromatic heterocycles. The number of ether oxygens (including phenoxy) is 3. The van der Waals surface area contributed by atoms with Gasteiger partial charge in [0.15, 0.2) is 18.3 Å². The Hall–Kier alpha value is -2.05. The lowest BCUT2D eigenvalue weighted by Crippen LogP contribution is -2.49. The fourth-order valence-electron chi connectivity index (χ4n) is 1.66. The molecular weight excluding hydrogens is 254 g/mol. The van der Waals surface area contributed by atoms with Crippen molar-refractivity contribution in [3.8, 4) is 0 Å². The fourth-order valence-corrected chi connectivity index (χ4v) is 1.66. The Labute approximate surface area is 110 Å². The fraction of sp³-hybridized carbons (Fsp3) is 0.583. The minimum atomic E-state index is -0.793. The van der Waals surface area contributed by atoms with Crippen LogP contribution in [0.25, 0.3) is 0 Å². The van der Waals surface area contributed by atoms with Crippen LogP contribution in [0.15, 0.2) is 12.3 Å². The van der Waals surface area contributed by atoms with Crippen LogP contribution >= 0.6 is 0 Å². The van der Waals surface area contributed by atoms with Crippen LogP contribution in [0.2, 0.25) is 0 Å². The second-order valence-electron chi connectivity index (χ2n) is 4.09. The Balaban J connectivity index is 2.77. The molecular formula is C12H17NO6. The largest absolute Gasteiger partial charge is 0.492 e. The van der Waals surface area contributed by atoms with E-state index in [1.54, 1.807) is 0 Å². The van der Waals surface area contributed by atoms with Gasteiger partial charge in [-0.05, 0) is 6.08 Å². The molecule has 1 rings (SSSR count). The Kier molecular flexibility index (Phi) is 5.35. The normalized spacial score (nSPS) is 25.1. The van der Waals surface area contributed by atoms with Crippen molar-refractivity contribution < 1.29 is 28.6 Å². The first-order valence-electron chi connectivity index (χ1n) is 5.81. The third kappa shape index (κ3) is 4.99. The summed E-state index contributed by atoms with van der Waals surface area (Å²) in [6.07, 6.45) is 0.716. The van der Waals surface area contributed by atoms with Gasteiger partial charge in [0, 0.05) is 20.8 Å². The smallest absolute Gasteiger partial charge is 0.303 e. The molecule has 0 saturated heterocycles. The number of hydrogen-bond donors (Lipinski definition) is 1. The maximum Gasteiger partial charge on any atom is 0.303 e. The van der Waals surface area contributed by atoms with E-state index in [1.165, 1.54) is 33.1 Å². The minimum absolute atomic E-state index is 0.148. The average Bonchev–Trinajstić information content (AvgIpc) is 2.28. The van der Waals surface area contributed by atoms with Gasteiger partial charge in [0.2, 0.25) is 5.91 Å². The van der Waals surface area contributed by atoms with Crippen LogP contribution in [0.1, 0.15) is 20.8 Å². The van der Waals surface area contributed by atoms with E-state index >= 15 is 0 Å². The highest BCUT2D eigenvalue weighted by atomic mass is 16.6. The van der Waals surface area contributed by atoms with Crippen molar-refractivity contribution in [1.29, 1.82) is 0 Å². The molecule has 1 amide bonds. The first kappa shape index (κ1) is 15.0. The SMILES string of the molecule is CC(=O)NC[C@H]1OC=C[C@@H](OC(C)=O)[C@@H]1OC(C)=O. The molecule has 3 atom stereocenters. The molecule has 106 valence electrons. The van der Waals surface area contributed by atoms with E-state index in [0.29, 0.717) is 0 Å². The topological polar surface area (TPSA) is 90.9 Å². The van der Waals surface area contributed by atoms with Crippen molar-refractivity contribution in [1.82, 2.24) is 5.32 Å². The predicted molar refractivity (Wildman–Crippen MR) is 63.8 cm³/mol. The van der Waals surface area contributed by atoms with Gasteiger partial charge < -0.3 is 19.5 Å². The van der Waals surface area contributed by atoms with Gasteiger partial charge in [0.1, 0.15) is 0 Å². The van der Waals surface area contributed by atoms with Crippen molar-refractivity contribution in [2.24, 2.45) is 0 Å². The lowest BCUT2D eigenvalue weighted by atomic mass is 10.1. The number of esters is 2. The van der Waals surface area contributed by atoms with Gasteiger partial charge in [-0.2, -0.15) is 0 Å². The monoisotopic (exact) mass is 271 g/mol. The van der Waals surface area contributed by atoms with Gasteiger partial charge in [-0.3, -0.25) is 14.4 Å². The van der Waals surface area contributed by atoms with Gasteiger partial charge in [0.25, 0.3) is 0 Å². The first-order valence-corrected chi connectivity index (χ1v) is 5.81. The number of carbonyl (C=O) groups is 3. The molecule has 0 aromatic carbocycles. The van der Waals surface area contributed by atoms with Gasteiger partial charge in [-0.15, -0.1) is 0 Å². The van der Waals surface area contributed by atoms with Gasteiger partial charge in [0.05, 0.1) is 12.8 Å². The highest BCUT2D eigenvalue weighted by Gasteiger charge is 2.37. The van der Waals surface area contributed by atoms with E-state index < -0.39 is 30.3 Å². The molecule has 7 heteroatoms. The van der Waals surface area contributed by atoms with Crippen LogP contribution < -0.4 is 5.32 Å². The maximum atomic E-state index is 11.1. The van der Waals surface area contributed by atoms with Crippen molar-refractivity contribution in [3.05, 3.63) is 12.3 Å². The molecule has 0 aromatic rings. The second kappa shape index (κ2) is 6.77. The van der Waals surface area contributed by atoms with Crippen molar-refractivity contribution in [3.63, 3.8) is 0 Å².